The zero-order valence-corrected chi connectivity index (χ0v) is 14.7. The maximum Gasteiger partial charge on any atom is 0.212 e. The Bertz CT molecular complexity index is 681. The smallest absolute Gasteiger partial charge is 0.212 e. The molecule has 22 heavy (non-hydrogen) atoms. The Morgan fingerprint density at radius 3 is 2.55 bits per heavy atom. The third-order valence-electron chi connectivity index (χ3n) is 3.51. The van der Waals surface area contributed by atoms with Gasteiger partial charge in [-0.2, -0.15) is 9.78 Å². The van der Waals surface area contributed by atoms with Gasteiger partial charge in [0.15, 0.2) is 0 Å². The number of benzene rings is 1. The lowest BCUT2D eigenvalue weighted by atomic mass is 10.1. The van der Waals surface area contributed by atoms with E-state index in [1.807, 2.05) is 28.9 Å². The highest BCUT2D eigenvalue weighted by atomic mass is 35.5. The molecule has 0 aliphatic carbocycles. The van der Waals surface area contributed by atoms with Crippen molar-refractivity contribution >= 4 is 29.1 Å². The van der Waals surface area contributed by atoms with Crippen molar-refractivity contribution in [3.05, 3.63) is 40.7 Å². The van der Waals surface area contributed by atoms with Gasteiger partial charge in [-0.05, 0) is 17.7 Å². The Balaban J connectivity index is 0.00000176. The molecule has 0 amide bonds. The van der Waals surface area contributed by atoms with E-state index in [0.29, 0.717) is 5.92 Å². The van der Waals surface area contributed by atoms with Gasteiger partial charge in [0.25, 0.3) is 0 Å². The Kier molecular flexibility index (Phi) is 5.50. The number of quaternary nitrogens is 1. The molecule has 1 aliphatic rings. The molecule has 0 spiro atoms. The fourth-order valence-electron chi connectivity index (χ4n) is 2.06. The van der Waals surface area contributed by atoms with Crippen molar-refractivity contribution < 1.29 is 18.1 Å². The van der Waals surface area contributed by atoms with Crippen LogP contribution in [0.1, 0.15) is 31.3 Å². The highest BCUT2D eigenvalue weighted by Gasteiger charge is 2.26. The summed E-state index contributed by atoms with van der Waals surface area (Å²) in [6.07, 6.45) is 0. The average molecular weight is 358 g/mol. The summed E-state index contributed by atoms with van der Waals surface area (Å²) in [4.78, 5) is 0. The predicted octanol–water partition coefficient (Wildman–Crippen LogP) is -0.767. The van der Waals surface area contributed by atoms with E-state index in [-0.39, 0.29) is 18.4 Å². The van der Waals surface area contributed by atoms with Gasteiger partial charge in [0.1, 0.15) is 6.04 Å². The minimum absolute atomic E-state index is 0. The van der Waals surface area contributed by atoms with Gasteiger partial charge in [-0.25, -0.2) is 0 Å². The van der Waals surface area contributed by atoms with Crippen LogP contribution in [0.4, 0.5) is 0 Å². The number of fused-ring (bicyclic) bond motifs is 1. The SMILES string of the molecule is CC(C)[C@H]([NH3+])c1nnc2n1N=C(c1ccc(Cl)cc1)CS2.[Cl-]. The highest BCUT2D eigenvalue weighted by Crippen LogP contribution is 2.27. The Morgan fingerprint density at radius 2 is 1.91 bits per heavy atom. The van der Waals surface area contributed by atoms with E-state index >= 15 is 0 Å². The van der Waals surface area contributed by atoms with Crippen molar-refractivity contribution in [2.45, 2.75) is 25.0 Å². The second kappa shape index (κ2) is 7.00. The first kappa shape index (κ1) is 17.3. The summed E-state index contributed by atoms with van der Waals surface area (Å²) in [7, 11) is 0. The lowest BCUT2D eigenvalue weighted by Gasteiger charge is -2.16. The molecule has 0 saturated carbocycles. The van der Waals surface area contributed by atoms with Crippen LogP contribution in [-0.2, 0) is 0 Å². The zero-order chi connectivity index (χ0) is 15.0. The van der Waals surface area contributed by atoms with Crippen LogP contribution in [-0.4, -0.2) is 26.3 Å². The molecule has 0 fully saturated rings. The van der Waals surface area contributed by atoms with Crippen molar-refractivity contribution in [3.8, 4) is 0 Å². The molecule has 3 rings (SSSR count). The average Bonchev–Trinajstić information content (AvgIpc) is 2.90. The number of rotatable bonds is 3. The molecule has 0 unspecified atom stereocenters. The molecule has 1 aromatic carbocycles. The quantitative estimate of drug-likeness (QED) is 0.784. The lowest BCUT2D eigenvalue weighted by molar-refractivity contribution is -0.440. The van der Waals surface area contributed by atoms with Crippen molar-refractivity contribution in [2.24, 2.45) is 11.0 Å². The standard InChI is InChI=1S/C14H16ClN5S.ClH/c1-8(2)12(16)13-17-18-14-20(13)19-11(7-21-14)9-3-5-10(15)6-4-9;/h3-6,8,12H,7,16H2,1-2H3;1H/t12-;/m0./s1. The minimum atomic E-state index is 0. The number of nitrogens with zero attached hydrogens (tertiary/aromatic N) is 4. The summed E-state index contributed by atoms with van der Waals surface area (Å²) in [5.41, 5.74) is 6.25. The van der Waals surface area contributed by atoms with E-state index < -0.39 is 0 Å². The molecule has 1 atom stereocenters. The van der Waals surface area contributed by atoms with Gasteiger partial charge in [0.05, 0.1) is 5.71 Å². The molecular formula is C14H17Cl2N5S. The maximum absolute atomic E-state index is 5.94. The Hall–Kier alpha value is -1.08. The van der Waals surface area contributed by atoms with Gasteiger partial charge in [0.2, 0.25) is 11.0 Å². The van der Waals surface area contributed by atoms with E-state index in [9.17, 15) is 0 Å². The number of hydrogen-bond donors (Lipinski definition) is 1. The number of halogens is 2. The Labute approximate surface area is 144 Å². The van der Waals surface area contributed by atoms with E-state index in [4.69, 9.17) is 16.7 Å². The molecule has 5 nitrogen and oxygen atoms in total. The van der Waals surface area contributed by atoms with Crippen LogP contribution < -0.4 is 18.1 Å². The largest absolute Gasteiger partial charge is 1.00 e. The van der Waals surface area contributed by atoms with E-state index in [1.165, 1.54) is 0 Å². The van der Waals surface area contributed by atoms with Crippen LogP contribution in [0.3, 0.4) is 0 Å². The van der Waals surface area contributed by atoms with E-state index in [0.717, 1.165) is 33.0 Å². The minimum Gasteiger partial charge on any atom is -1.00 e. The number of hydrogen-bond acceptors (Lipinski definition) is 4. The van der Waals surface area contributed by atoms with Gasteiger partial charge in [-0.3, -0.25) is 0 Å². The van der Waals surface area contributed by atoms with E-state index in [2.05, 4.69) is 29.8 Å². The molecule has 3 N–H and O–H groups in total. The first-order valence-corrected chi connectivity index (χ1v) is 8.17. The van der Waals surface area contributed by atoms with Crippen LogP contribution in [0.5, 0.6) is 0 Å². The monoisotopic (exact) mass is 357 g/mol. The molecule has 8 heteroatoms. The van der Waals surface area contributed by atoms with Crippen molar-refractivity contribution in [1.82, 2.24) is 14.9 Å². The highest BCUT2D eigenvalue weighted by molar-refractivity contribution is 7.99. The second-order valence-electron chi connectivity index (χ2n) is 5.35. The summed E-state index contributed by atoms with van der Waals surface area (Å²) in [5.74, 6) is 1.99. The molecule has 2 heterocycles. The molecule has 118 valence electrons. The van der Waals surface area contributed by atoms with Crippen LogP contribution in [0.2, 0.25) is 5.02 Å². The third kappa shape index (κ3) is 3.30. The molecule has 1 aromatic heterocycles. The molecule has 2 aromatic rings. The van der Waals surface area contributed by atoms with Gasteiger partial charge < -0.3 is 18.1 Å². The fourth-order valence-corrected chi connectivity index (χ4v) is 3.03. The van der Waals surface area contributed by atoms with E-state index in [1.54, 1.807) is 11.8 Å². The van der Waals surface area contributed by atoms with Crippen molar-refractivity contribution in [3.63, 3.8) is 0 Å². The van der Waals surface area contributed by atoms with Gasteiger partial charge in [0, 0.05) is 16.7 Å². The molecule has 1 aliphatic heterocycles. The fraction of sp³-hybridized carbons (Fsp3) is 0.357. The van der Waals surface area contributed by atoms with Crippen LogP contribution in [0.15, 0.2) is 34.5 Å². The number of aromatic nitrogens is 3. The van der Waals surface area contributed by atoms with Gasteiger partial charge in [-0.15, -0.1) is 10.2 Å². The summed E-state index contributed by atoms with van der Waals surface area (Å²) in [6.45, 7) is 4.25. The van der Waals surface area contributed by atoms with Gasteiger partial charge in [-0.1, -0.05) is 49.3 Å². The zero-order valence-electron chi connectivity index (χ0n) is 12.3. The first-order chi connectivity index (χ1) is 10.1. The van der Waals surface area contributed by atoms with Crippen molar-refractivity contribution in [2.75, 3.05) is 5.75 Å². The predicted molar refractivity (Wildman–Crippen MR) is 84.6 cm³/mol. The lowest BCUT2D eigenvalue weighted by Crippen LogP contribution is -3.00. The van der Waals surface area contributed by atoms with Crippen LogP contribution in [0.25, 0.3) is 0 Å². The Morgan fingerprint density at radius 1 is 1.23 bits per heavy atom. The summed E-state index contributed by atoms with van der Waals surface area (Å²) < 4.78 is 1.83. The third-order valence-corrected chi connectivity index (χ3v) is 4.69. The van der Waals surface area contributed by atoms with Crippen LogP contribution >= 0.6 is 23.4 Å². The topological polar surface area (TPSA) is 70.7 Å². The van der Waals surface area contributed by atoms with Crippen molar-refractivity contribution in [1.29, 1.82) is 0 Å². The maximum atomic E-state index is 5.94. The summed E-state index contributed by atoms with van der Waals surface area (Å²) in [5, 5.41) is 14.7. The summed E-state index contributed by atoms with van der Waals surface area (Å²) in [6, 6.07) is 7.80. The van der Waals surface area contributed by atoms with Gasteiger partial charge >= 0.3 is 0 Å². The normalized spacial score (nSPS) is 15.0. The molecule has 0 bridgehead atoms. The summed E-state index contributed by atoms with van der Waals surface area (Å²) >= 11 is 7.58. The molecule has 0 radical (unpaired) electrons. The first-order valence-electron chi connectivity index (χ1n) is 6.81. The number of thioether (sulfide) groups is 1. The van der Waals surface area contributed by atoms with Crippen LogP contribution in [0, 0.1) is 5.92 Å². The second-order valence-corrected chi connectivity index (χ2v) is 6.72. The molecular weight excluding hydrogens is 341 g/mol. The molecule has 0 saturated heterocycles.